The fraction of sp³-hybridized carbons (Fsp3) is 0.294. The van der Waals surface area contributed by atoms with Crippen molar-refractivity contribution in [1.29, 1.82) is 0 Å². The Morgan fingerprint density at radius 3 is 2.78 bits per heavy atom. The zero-order valence-electron chi connectivity index (χ0n) is 12.8. The fourth-order valence-corrected chi connectivity index (χ4v) is 3.96. The van der Waals surface area contributed by atoms with Crippen LogP contribution < -0.4 is 10.2 Å². The molecular weight excluding hydrogens is 311 g/mol. The van der Waals surface area contributed by atoms with Gasteiger partial charge < -0.3 is 10.2 Å². The average molecular weight is 328 g/mol. The SMILES string of the molecule is Cc1ccc(-c2cc3ncnc(N4CCNCC4)c3s2)cc1F. The molecule has 0 saturated carbocycles. The van der Waals surface area contributed by atoms with Crippen molar-refractivity contribution < 1.29 is 4.39 Å². The Bertz CT molecular complexity index is 855. The summed E-state index contributed by atoms with van der Waals surface area (Å²) < 4.78 is 14.9. The van der Waals surface area contributed by atoms with Gasteiger partial charge in [0.05, 0.1) is 10.2 Å². The van der Waals surface area contributed by atoms with Crippen LogP contribution in [0.25, 0.3) is 20.7 Å². The van der Waals surface area contributed by atoms with Crippen LogP contribution in [0.4, 0.5) is 10.2 Å². The fourth-order valence-electron chi connectivity index (χ4n) is 2.83. The molecule has 4 nitrogen and oxygen atoms in total. The van der Waals surface area contributed by atoms with Crippen molar-refractivity contribution >= 4 is 27.4 Å². The lowest BCUT2D eigenvalue weighted by atomic mass is 10.1. The first-order chi connectivity index (χ1) is 11.2. The van der Waals surface area contributed by atoms with Gasteiger partial charge in [0.15, 0.2) is 0 Å². The second kappa shape index (κ2) is 5.86. The predicted molar refractivity (Wildman–Crippen MR) is 92.6 cm³/mol. The number of thiophene rings is 1. The van der Waals surface area contributed by atoms with Crippen LogP contribution in [0.2, 0.25) is 0 Å². The molecule has 0 bridgehead atoms. The van der Waals surface area contributed by atoms with Crippen LogP contribution in [-0.2, 0) is 0 Å². The van der Waals surface area contributed by atoms with Crippen LogP contribution in [0.5, 0.6) is 0 Å². The zero-order chi connectivity index (χ0) is 15.8. The number of benzene rings is 1. The zero-order valence-corrected chi connectivity index (χ0v) is 13.7. The highest BCUT2D eigenvalue weighted by Gasteiger charge is 2.17. The summed E-state index contributed by atoms with van der Waals surface area (Å²) in [5.41, 5.74) is 2.48. The monoisotopic (exact) mass is 328 g/mol. The third kappa shape index (κ3) is 2.68. The molecule has 1 aromatic carbocycles. The van der Waals surface area contributed by atoms with E-state index in [9.17, 15) is 4.39 Å². The van der Waals surface area contributed by atoms with Gasteiger partial charge in [-0.25, -0.2) is 14.4 Å². The highest BCUT2D eigenvalue weighted by atomic mass is 32.1. The minimum Gasteiger partial charge on any atom is -0.353 e. The Kier molecular flexibility index (Phi) is 3.71. The van der Waals surface area contributed by atoms with E-state index < -0.39 is 0 Å². The number of hydrogen-bond donors (Lipinski definition) is 1. The van der Waals surface area contributed by atoms with Crippen LogP contribution in [0.15, 0.2) is 30.6 Å². The molecule has 1 aliphatic heterocycles. The van der Waals surface area contributed by atoms with Crippen molar-refractivity contribution in [1.82, 2.24) is 15.3 Å². The second-order valence-electron chi connectivity index (χ2n) is 5.72. The first-order valence-electron chi connectivity index (χ1n) is 7.69. The summed E-state index contributed by atoms with van der Waals surface area (Å²) in [5.74, 6) is 0.814. The van der Waals surface area contributed by atoms with E-state index in [1.54, 1.807) is 30.7 Å². The summed E-state index contributed by atoms with van der Waals surface area (Å²) in [6.07, 6.45) is 1.62. The Balaban J connectivity index is 1.79. The van der Waals surface area contributed by atoms with E-state index in [-0.39, 0.29) is 5.82 Å². The Labute approximate surface area is 138 Å². The summed E-state index contributed by atoms with van der Waals surface area (Å²) in [6.45, 7) is 5.59. The first-order valence-corrected chi connectivity index (χ1v) is 8.51. The summed E-state index contributed by atoms with van der Waals surface area (Å²) in [6, 6.07) is 7.40. The van der Waals surface area contributed by atoms with E-state index in [2.05, 4.69) is 20.2 Å². The van der Waals surface area contributed by atoms with Crippen LogP contribution in [0, 0.1) is 12.7 Å². The molecule has 0 unspecified atom stereocenters. The molecule has 0 aliphatic carbocycles. The molecule has 23 heavy (non-hydrogen) atoms. The lowest BCUT2D eigenvalue weighted by molar-refractivity contribution is 0.586. The first kappa shape index (κ1) is 14.5. The van der Waals surface area contributed by atoms with Gasteiger partial charge in [-0.15, -0.1) is 11.3 Å². The van der Waals surface area contributed by atoms with Gasteiger partial charge in [0, 0.05) is 31.1 Å². The van der Waals surface area contributed by atoms with Crippen molar-refractivity contribution in [3.8, 4) is 10.4 Å². The highest BCUT2D eigenvalue weighted by molar-refractivity contribution is 7.22. The van der Waals surface area contributed by atoms with Crippen LogP contribution in [0.3, 0.4) is 0 Å². The predicted octanol–water partition coefficient (Wildman–Crippen LogP) is 3.22. The number of piperazine rings is 1. The molecular formula is C17H17FN4S. The topological polar surface area (TPSA) is 41.1 Å². The summed E-state index contributed by atoms with van der Waals surface area (Å²) in [4.78, 5) is 12.2. The van der Waals surface area contributed by atoms with Gasteiger partial charge in [-0.05, 0) is 30.2 Å². The van der Waals surface area contributed by atoms with Crippen molar-refractivity contribution in [3.63, 3.8) is 0 Å². The van der Waals surface area contributed by atoms with E-state index in [1.807, 2.05) is 18.2 Å². The number of aryl methyl sites for hydroxylation is 1. The lowest BCUT2D eigenvalue weighted by Gasteiger charge is -2.28. The average Bonchev–Trinajstić information content (AvgIpc) is 3.02. The van der Waals surface area contributed by atoms with Gasteiger partial charge in [0.25, 0.3) is 0 Å². The standard InChI is InChI=1S/C17H17FN4S/c1-11-2-3-12(8-13(11)18)15-9-14-16(23-15)17(21-10-20-14)22-6-4-19-5-7-22/h2-3,8-10,19H,4-7H2,1H3. The van der Waals surface area contributed by atoms with E-state index in [0.717, 1.165) is 52.7 Å². The third-order valence-electron chi connectivity index (χ3n) is 4.17. The van der Waals surface area contributed by atoms with Gasteiger partial charge in [-0.2, -0.15) is 0 Å². The van der Waals surface area contributed by atoms with Crippen molar-refractivity contribution in [3.05, 3.63) is 42.0 Å². The molecule has 1 saturated heterocycles. The molecule has 2 aromatic heterocycles. The van der Waals surface area contributed by atoms with Crippen molar-refractivity contribution in [2.24, 2.45) is 0 Å². The van der Waals surface area contributed by atoms with E-state index in [1.165, 1.54) is 0 Å². The summed E-state index contributed by atoms with van der Waals surface area (Å²) >= 11 is 1.63. The van der Waals surface area contributed by atoms with Gasteiger partial charge in [0.1, 0.15) is 18.0 Å². The molecule has 1 fully saturated rings. The van der Waals surface area contributed by atoms with Gasteiger partial charge in [-0.3, -0.25) is 0 Å². The molecule has 1 aliphatic rings. The third-order valence-corrected chi connectivity index (χ3v) is 5.33. The van der Waals surface area contributed by atoms with Crippen molar-refractivity contribution in [2.45, 2.75) is 6.92 Å². The maximum Gasteiger partial charge on any atom is 0.150 e. The van der Waals surface area contributed by atoms with Crippen molar-refractivity contribution in [2.75, 3.05) is 31.1 Å². The highest BCUT2D eigenvalue weighted by Crippen LogP contribution is 2.37. The molecule has 3 aromatic rings. The number of halogens is 1. The Hall–Kier alpha value is -2.05. The number of fused-ring (bicyclic) bond motifs is 1. The van der Waals surface area contributed by atoms with Gasteiger partial charge >= 0.3 is 0 Å². The molecule has 0 amide bonds. The normalized spacial score (nSPS) is 15.3. The molecule has 4 rings (SSSR count). The number of nitrogens with zero attached hydrogens (tertiary/aromatic N) is 3. The van der Waals surface area contributed by atoms with Crippen LogP contribution in [-0.4, -0.2) is 36.1 Å². The van der Waals surface area contributed by atoms with E-state index in [0.29, 0.717) is 5.56 Å². The smallest absolute Gasteiger partial charge is 0.150 e. The van der Waals surface area contributed by atoms with Gasteiger partial charge in [-0.1, -0.05) is 12.1 Å². The van der Waals surface area contributed by atoms with Crippen LogP contribution >= 0.6 is 11.3 Å². The molecule has 6 heteroatoms. The molecule has 0 atom stereocenters. The van der Waals surface area contributed by atoms with E-state index in [4.69, 9.17) is 0 Å². The summed E-state index contributed by atoms with van der Waals surface area (Å²) in [7, 11) is 0. The minimum atomic E-state index is -0.173. The number of hydrogen-bond acceptors (Lipinski definition) is 5. The molecule has 118 valence electrons. The largest absolute Gasteiger partial charge is 0.353 e. The van der Waals surface area contributed by atoms with Crippen LogP contribution in [0.1, 0.15) is 5.56 Å². The molecule has 1 N–H and O–H groups in total. The Morgan fingerprint density at radius 2 is 2.00 bits per heavy atom. The quantitative estimate of drug-likeness (QED) is 0.784. The van der Waals surface area contributed by atoms with Gasteiger partial charge in [0.2, 0.25) is 0 Å². The number of aromatic nitrogens is 2. The number of anilines is 1. The second-order valence-corrected chi connectivity index (χ2v) is 6.78. The minimum absolute atomic E-state index is 0.173. The lowest BCUT2D eigenvalue weighted by Crippen LogP contribution is -2.43. The number of nitrogens with one attached hydrogen (secondary N) is 1. The number of rotatable bonds is 2. The maximum absolute atomic E-state index is 13.9. The Morgan fingerprint density at radius 1 is 1.17 bits per heavy atom. The summed E-state index contributed by atoms with van der Waals surface area (Å²) in [5, 5.41) is 3.35. The maximum atomic E-state index is 13.9. The molecule has 3 heterocycles. The van der Waals surface area contributed by atoms with E-state index >= 15 is 0 Å². The molecule has 0 spiro atoms. The molecule has 0 radical (unpaired) electrons.